The predicted molar refractivity (Wildman–Crippen MR) is 133 cm³/mol. The lowest BCUT2D eigenvalue weighted by Crippen LogP contribution is -2.37. The number of nitrogens with zero attached hydrogens (tertiary/aromatic N) is 3. The summed E-state index contributed by atoms with van der Waals surface area (Å²) in [6, 6.07) is 7.75. The molecule has 0 aliphatic carbocycles. The van der Waals surface area contributed by atoms with Gasteiger partial charge in [-0.25, -0.2) is 4.98 Å². The van der Waals surface area contributed by atoms with Crippen LogP contribution in [0.3, 0.4) is 0 Å². The number of hydrogen-bond acceptors (Lipinski definition) is 4. The Balaban J connectivity index is 0.00000420. The van der Waals surface area contributed by atoms with Crippen LogP contribution in [0.5, 0.6) is 0 Å². The second kappa shape index (κ2) is 12.8. The van der Waals surface area contributed by atoms with E-state index in [9.17, 15) is 4.79 Å². The first-order valence-corrected chi connectivity index (χ1v) is 10.6. The van der Waals surface area contributed by atoms with Gasteiger partial charge in [0.05, 0.1) is 10.7 Å². The Morgan fingerprint density at radius 2 is 1.79 bits per heavy atom. The van der Waals surface area contributed by atoms with Crippen LogP contribution in [-0.2, 0) is 13.0 Å². The zero-order chi connectivity index (χ0) is 20.5. The monoisotopic (exact) mass is 529 g/mol. The SMILES string of the molecule is CCN(CC)C(=O)c1ccc(CNC(=NC)NCCc2nc(C)c(C)s2)cc1.I. The summed E-state index contributed by atoms with van der Waals surface area (Å²) in [6.07, 6.45) is 0.877. The van der Waals surface area contributed by atoms with E-state index in [1.165, 1.54) is 4.88 Å². The van der Waals surface area contributed by atoms with Crippen LogP contribution in [0, 0.1) is 13.8 Å². The average Bonchev–Trinajstić information content (AvgIpc) is 3.03. The van der Waals surface area contributed by atoms with E-state index >= 15 is 0 Å². The molecule has 8 heteroatoms. The lowest BCUT2D eigenvalue weighted by molar-refractivity contribution is 0.0773. The van der Waals surface area contributed by atoms with Gasteiger partial charge in [-0.1, -0.05) is 12.1 Å². The first kappa shape index (κ1) is 25.4. The number of rotatable bonds is 8. The van der Waals surface area contributed by atoms with Gasteiger partial charge in [0, 0.05) is 50.1 Å². The second-order valence-electron chi connectivity index (χ2n) is 6.53. The Bertz CT molecular complexity index is 780. The number of guanidine groups is 1. The molecule has 2 rings (SSSR count). The molecule has 0 saturated heterocycles. The first-order chi connectivity index (χ1) is 13.5. The molecule has 0 fully saturated rings. The molecule has 0 bridgehead atoms. The highest BCUT2D eigenvalue weighted by Crippen LogP contribution is 2.16. The second-order valence-corrected chi connectivity index (χ2v) is 7.81. The van der Waals surface area contributed by atoms with Crippen LogP contribution in [0.15, 0.2) is 29.3 Å². The molecule has 1 aromatic heterocycles. The fourth-order valence-electron chi connectivity index (χ4n) is 2.80. The Morgan fingerprint density at radius 1 is 1.14 bits per heavy atom. The molecule has 0 atom stereocenters. The van der Waals surface area contributed by atoms with Crippen LogP contribution in [-0.4, -0.2) is 48.4 Å². The third-order valence-electron chi connectivity index (χ3n) is 4.64. The maximum Gasteiger partial charge on any atom is 0.253 e. The predicted octanol–water partition coefficient (Wildman–Crippen LogP) is 3.77. The van der Waals surface area contributed by atoms with Crippen LogP contribution >= 0.6 is 35.3 Å². The van der Waals surface area contributed by atoms with Crippen LogP contribution in [0.4, 0.5) is 0 Å². The van der Waals surface area contributed by atoms with Gasteiger partial charge in [0.25, 0.3) is 5.91 Å². The summed E-state index contributed by atoms with van der Waals surface area (Å²) in [4.78, 5) is 24.3. The van der Waals surface area contributed by atoms with E-state index in [1.54, 1.807) is 18.4 Å². The zero-order valence-corrected chi connectivity index (χ0v) is 21.1. The summed E-state index contributed by atoms with van der Waals surface area (Å²) in [6.45, 7) is 11.0. The number of amides is 1. The quantitative estimate of drug-likeness (QED) is 0.311. The van der Waals surface area contributed by atoms with Crippen LogP contribution in [0.2, 0.25) is 0 Å². The van der Waals surface area contributed by atoms with Crippen molar-refractivity contribution in [2.75, 3.05) is 26.7 Å². The van der Waals surface area contributed by atoms with Gasteiger partial charge in [0.1, 0.15) is 0 Å². The Morgan fingerprint density at radius 3 is 2.31 bits per heavy atom. The Labute approximate surface area is 195 Å². The first-order valence-electron chi connectivity index (χ1n) is 9.74. The highest BCUT2D eigenvalue weighted by Gasteiger charge is 2.12. The summed E-state index contributed by atoms with van der Waals surface area (Å²) in [7, 11) is 1.76. The molecule has 6 nitrogen and oxygen atoms in total. The van der Waals surface area contributed by atoms with Crippen molar-refractivity contribution in [1.82, 2.24) is 20.5 Å². The van der Waals surface area contributed by atoms with Crippen molar-refractivity contribution in [1.29, 1.82) is 0 Å². The van der Waals surface area contributed by atoms with E-state index in [1.807, 2.05) is 49.9 Å². The normalized spacial score (nSPS) is 11.0. The van der Waals surface area contributed by atoms with Crippen molar-refractivity contribution in [3.63, 3.8) is 0 Å². The molecule has 160 valence electrons. The van der Waals surface area contributed by atoms with Gasteiger partial charge >= 0.3 is 0 Å². The van der Waals surface area contributed by atoms with Crippen molar-refractivity contribution in [3.05, 3.63) is 51.0 Å². The van der Waals surface area contributed by atoms with E-state index in [-0.39, 0.29) is 29.9 Å². The maximum atomic E-state index is 12.4. The number of aliphatic imine (C=N–C) groups is 1. The van der Waals surface area contributed by atoms with Gasteiger partial charge in [-0.3, -0.25) is 9.79 Å². The van der Waals surface area contributed by atoms with E-state index in [2.05, 4.69) is 27.5 Å². The fraction of sp³-hybridized carbons (Fsp3) is 0.476. The maximum absolute atomic E-state index is 12.4. The highest BCUT2D eigenvalue weighted by molar-refractivity contribution is 14.0. The van der Waals surface area contributed by atoms with Crippen molar-refractivity contribution in [3.8, 4) is 0 Å². The number of aryl methyl sites for hydroxylation is 2. The van der Waals surface area contributed by atoms with Gasteiger partial charge in [-0.15, -0.1) is 35.3 Å². The van der Waals surface area contributed by atoms with Crippen molar-refractivity contribution in [2.45, 2.75) is 40.7 Å². The summed E-state index contributed by atoms with van der Waals surface area (Å²) in [5.74, 6) is 0.836. The van der Waals surface area contributed by atoms with Crippen LogP contribution < -0.4 is 10.6 Å². The summed E-state index contributed by atoms with van der Waals surface area (Å²) in [5.41, 5.74) is 2.94. The van der Waals surface area contributed by atoms with Crippen molar-refractivity contribution < 1.29 is 4.79 Å². The molecule has 0 spiro atoms. The number of benzene rings is 1. The lowest BCUT2D eigenvalue weighted by Gasteiger charge is -2.18. The summed E-state index contributed by atoms with van der Waals surface area (Å²) in [5, 5.41) is 7.78. The number of halogens is 1. The smallest absolute Gasteiger partial charge is 0.253 e. The van der Waals surface area contributed by atoms with E-state index in [0.29, 0.717) is 6.54 Å². The Kier molecular flexibility index (Phi) is 11.2. The number of nitrogens with one attached hydrogen (secondary N) is 2. The molecule has 0 unspecified atom stereocenters. The van der Waals surface area contributed by atoms with Gasteiger partial charge in [-0.2, -0.15) is 0 Å². The number of carbonyl (C=O) groups is 1. The van der Waals surface area contributed by atoms with Crippen molar-refractivity contribution >= 4 is 47.2 Å². The van der Waals surface area contributed by atoms with Gasteiger partial charge in [0.15, 0.2) is 5.96 Å². The summed E-state index contributed by atoms with van der Waals surface area (Å²) >= 11 is 1.75. The number of thiazole rings is 1. The third-order valence-corrected chi connectivity index (χ3v) is 5.77. The van der Waals surface area contributed by atoms with Gasteiger partial charge < -0.3 is 15.5 Å². The Hall–Kier alpha value is -1.68. The minimum Gasteiger partial charge on any atom is -0.356 e. The number of aromatic nitrogens is 1. The minimum atomic E-state index is 0. The standard InChI is InChI=1S/C21H31N5OS.HI/c1-6-26(7-2)20(27)18-10-8-17(9-11-18)14-24-21(22-5)23-13-12-19-25-15(3)16(4)28-19;/h8-11H,6-7,12-14H2,1-5H3,(H2,22,23,24);1H. The number of carbonyl (C=O) groups excluding carboxylic acids is 1. The molecule has 1 heterocycles. The van der Waals surface area contributed by atoms with Gasteiger partial charge in [-0.05, 0) is 45.4 Å². The molecule has 29 heavy (non-hydrogen) atoms. The molecular formula is C21H32IN5OS. The zero-order valence-electron chi connectivity index (χ0n) is 17.9. The van der Waals surface area contributed by atoms with E-state index in [4.69, 9.17) is 0 Å². The molecule has 2 aromatic rings. The van der Waals surface area contributed by atoms with Crippen LogP contribution in [0.25, 0.3) is 0 Å². The molecular weight excluding hydrogens is 497 g/mol. The molecule has 0 aliphatic heterocycles. The molecule has 2 N–H and O–H groups in total. The number of hydrogen-bond donors (Lipinski definition) is 2. The minimum absolute atomic E-state index is 0. The molecule has 1 aromatic carbocycles. The van der Waals surface area contributed by atoms with Crippen LogP contribution in [0.1, 0.15) is 45.3 Å². The summed E-state index contributed by atoms with van der Waals surface area (Å²) < 4.78 is 0. The lowest BCUT2D eigenvalue weighted by atomic mass is 10.1. The van der Waals surface area contributed by atoms with E-state index in [0.717, 1.165) is 53.8 Å². The highest BCUT2D eigenvalue weighted by atomic mass is 127. The molecule has 0 radical (unpaired) electrons. The largest absolute Gasteiger partial charge is 0.356 e. The average molecular weight is 529 g/mol. The molecule has 0 aliphatic rings. The fourth-order valence-corrected chi connectivity index (χ4v) is 3.73. The third kappa shape index (κ3) is 7.58. The van der Waals surface area contributed by atoms with Gasteiger partial charge in [0.2, 0.25) is 0 Å². The molecule has 0 saturated carbocycles. The van der Waals surface area contributed by atoms with E-state index < -0.39 is 0 Å². The topological polar surface area (TPSA) is 69.6 Å². The van der Waals surface area contributed by atoms with Crippen molar-refractivity contribution in [2.24, 2.45) is 4.99 Å². The molecule has 1 amide bonds.